The Labute approximate surface area is 148 Å². The van der Waals surface area contributed by atoms with Crippen LogP contribution in [0.25, 0.3) is 21.1 Å². The van der Waals surface area contributed by atoms with Crippen molar-refractivity contribution in [2.75, 3.05) is 19.0 Å². The van der Waals surface area contributed by atoms with E-state index in [-0.39, 0.29) is 20.4 Å². The van der Waals surface area contributed by atoms with Gasteiger partial charge in [-0.2, -0.15) is 0 Å². The summed E-state index contributed by atoms with van der Waals surface area (Å²) in [5.74, 6) is 0. The van der Waals surface area contributed by atoms with Crippen LogP contribution in [-0.4, -0.2) is 34.5 Å². The van der Waals surface area contributed by atoms with Crippen LogP contribution in [-0.2, 0) is 6.54 Å². The molecule has 118 valence electrons. The Balaban J connectivity index is 1.94. The van der Waals surface area contributed by atoms with E-state index in [0.717, 1.165) is 6.54 Å². The van der Waals surface area contributed by atoms with Crippen LogP contribution in [0.2, 0.25) is 0 Å². The van der Waals surface area contributed by atoms with Gasteiger partial charge >= 0.3 is 148 Å². The molecule has 0 bridgehead atoms. The van der Waals surface area contributed by atoms with E-state index in [2.05, 4.69) is 92.0 Å². The first-order valence-electron chi connectivity index (χ1n) is 7.97. The van der Waals surface area contributed by atoms with Crippen molar-refractivity contribution in [1.82, 2.24) is 0 Å². The third-order valence-corrected chi connectivity index (χ3v) is 7.26. The summed E-state index contributed by atoms with van der Waals surface area (Å²) in [7, 11) is 4.14. The van der Waals surface area contributed by atoms with Gasteiger partial charge in [-0.05, 0) is 0 Å². The van der Waals surface area contributed by atoms with E-state index in [1.54, 1.807) is 3.40 Å². The minimum atomic E-state index is -0.269. The molecule has 0 radical (unpaired) electrons. The first-order valence-corrected chi connectivity index (χ1v) is 10.3. The molecule has 0 atom stereocenters. The fourth-order valence-corrected chi connectivity index (χ4v) is 5.88. The maximum absolute atomic E-state index is 2.48. The molecule has 0 saturated heterocycles. The molecular formula is C20H23N2Te+. The predicted octanol–water partition coefficient (Wildman–Crippen LogP) is 3.75. The Morgan fingerprint density at radius 3 is 2.43 bits per heavy atom. The van der Waals surface area contributed by atoms with Crippen molar-refractivity contribution in [3.8, 4) is 0 Å². The van der Waals surface area contributed by atoms with E-state index < -0.39 is 0 Å². The number of hydrogen-bond donors (Lipinski definition) is 0. The molecule has 0 saturated carbocycles. The molecule has 0 fully saturated rings. The van der Waals surface area contributed by atoms with E-state index >= 15 is 0 Å². The molecule has 3 aromatic rings. The minimum absolute atomic E-state index is 0.269. The van der Waals surface area contributed by atoms with E-state index in [9.17, 15) is 0 Å². The van der Waals surface area contributed by atoms with Crippen LogP contribution in [0, 0.1) is 6.92 Å². The van der Waals surface area contributed by atoms with Crippen molar-refractivity contribution in [3.63, 3.8) is 0 Å². The summed E-state index contributed by atoms with van der Waals surface area (Å²) < 4.78 is 5.55. The molecule has 0 unspecified atom stereocenters. The molecule has 0 spiro atoms. The maximum atomic E-state index is 2.48. The molecule has 2 nitrogen and oxygen atoms in total. The number of anilines is 1. The van der Waals surface area contributed by atoms with Crippen LogP contribution in [0.3, 0.4) is 0 Å². The Kier molecular flexibility index (Phi) is 4.90. The monoisotopic (exact) mass is 421 g/mol. The van der Waals surface area contributed by atoms with Gasteiger partial charge in [-0.15, -0.1) is 0 Å². The number of aromatic nitrogens is 1. The van der Waals surface area contributed by atoms with Gasteiger partial charge in [0.25, 0.3) is 0 Å². The van der Waals surface area contributed by atoms with Crippen LogP contribution in [0.15, 0.2) is 42.5 Å². The molecule has 0 amide bonds. The second-order valence-corrected chi connectivity index (χ2v) is 9.01. The van der Waals surface area contributed by atoms with Crippen molar-refractivity contribution in [1.29, 1.82) is 0 Å². The fraction of sp³-hybridized carbons (Fsp3) is 0.250. The zero-order valence-corrected chi connectivity index (χ0v) is 16.5. The summed E-state index contributed by atoms with van der Waals surface area (Å²) in [6.45, 7) is 5.46. The average molecular weight is 419 g/mol. The van der Waals surface area contributed by atoms with Gasteiger partial charge in [-0.3, -0.25) is 0 Å². The van der Waals surface area contributed by atoms with Crippen LogP contribution < -0.4 is 9.47 Å². The Hall–Kier alpha value is -1.56. The van der Waals surface area contributed by atoms with E-state index in [1.165, 1.54) is 26.0 Å². The van der Waals surface area contributed by atoms with Crippen molar-refractivity contribution in [2.45, 2.75) is 20.4 Å². The molecule has 2 aromatic carbocycles. The summed E-state index contributed by atoms with van der Waals surface area (Å²) in [5.41, 5.74) is 5.28. The van der Waals surface area contributed by atoms with Gasteiger partial charge in [-0.1, -0.05) is 0 Å². The normalized spacial score (nSPS) is 11.5. The SMILES string of the molecule is CC[n+]1c(/C=C/c2ccc(N(C)C)cc2)[te]c2ccc(C)cc21. The fourth-order valence-electron chi connectivity index (χ4n) is 2.71. The van der Waals surface area contributed by atoms with Gasteiger partial charge in [0.05, 0.1) is 0 Å². The number of aryl methyl sites for hydroxylation is 2. The van der Waals surface area contributed by atoms with Crippen molar-refractivity contribution >= 4 is 47.2 Å². The zero-order valence-electron chi connectivity index (χ0n) is 14.2. The van der Waals surface area contributed by atoms with Gasteiger partial charge in [0.1, 0.15) is 0 Å². The number of rotatable bonds is 4. The van der Waals surface area contributed by atoms with Gasteiger partial charge in [0.2, 0.25) is 0 Å². The number of benzene rings is 2. The van der Waals surface area contributed by atoms with Gasteiger partial charge in [0, 0.05) is 0 Å². The number of fused-ring (bicyclic) bond motifs is 1. The van der Waals surface area contributed by atoms with Crippen LogP contribution in [0.1, 0.15) is 21.8 Å². The molecule has 3 rings (SSSR count). The molecule has 3 heteroatoms. The molecule has 1 heterocycles. The predicted molar refractivity (Wildman–Crippen MR) is 101 cm³/mol. The quantitative estimate of drug-likeness (QED) is 0.462. The molecule has 1 aromatic heterocycles. The van der Waals surface area contributed by atoms with Crippen molar-refractivity contribution in [2.24, 2.45) is 0 Å². The third kappa shape index (κ3) is 3.52. The standard InChI is InChI=1S/C20H23N2Te/c1-5-22-18-14-15(2)6-12-19(18)23-20(22)13-9-16-7-10-17(11-8-16)21(3)4/h6-14H,5H2,1-4H3/q+1. The molecule has 23 heavy (non-hydrogen) atoms. The van der Waals surface area contributed by atoms with Crippen LogP contribution >= 0.6 is 0 Å². The molecule has 0 aliphatic heterocycles. The first-order chi connectivity index (χ1) is 11.1. The third-order valence-electron chi connectivity index (χ3n) is 4.03. The Morgan fingerprint density at radius 2 is 1.78 bits per heavy atom. The van der Waals surface area contributed by atoms with Gasteiger partial charge in [0.15, 0.2) is 0 Å². The average Bonchev–Trinajstić information content (AvgIpc) is 2.90. The first kappa shape index (κ1) is 16.3. The molecular weight excluding hydrogens is 396 g/mol. The summed E-state index contributed by atoms with van der Waals surface area (Å²) in [6.07, 6.45) is 4.58. The zero-order chi connectivity index (χ0) is 16.4. The topological polar surface area (TPSA) is 7.12 Å². The second kappa shape index (κ2) is 6.91. The van der Waals surface area contributed by atoms with E-state index in [1.807, 2.05) is 0 Å². The van der Waals surface area contributed by atoms with Crippen LogP contribution in [0.5, 0.6) is 0 Å². The van der Waals surface area contributed by atoms with E-state index in [4.69, 9.17) is 0 Å². The Bertz CT molecular complexity index is 842. The summed E-state index contributed by atoms with van der Waals surface area (Å²) >= 11 is -0.269. The second-order valence-electron chi connectivity index (χ2n) is 5.98. The Morgan fingerprint density at radius 1 is 1.04 bits per heavy atom. The molecule has 0 N–H and O–H groups in total. The summed E-state index contributed by atoms with van der Waals surface area (Å²) in [5, 5.41) is 0. The summed E-state index contributed by atoms with van der Waals surface area (Å²) in [6, 6.07) is 15.6. The number of hydrogen-bond acceptors (Lipinski definition) is 1. The van der Waals surface area contributed by atoms with E-state index in [0.29, 0.717) is 0 Å². The van der Waals surface area contributed by atoms with Gasteiger partial charge in [-0.25, -0.2) is 0 Å². The van der Waals surface area contributed by atoms with Gasteiger partial charge < -0.3 is 0 Å². The van der Waals surface area contributed by atoms with Crippen LogP contribution in [0.4, 0.5) is 5.69 Å². The molecule has 0 aliphatic carbocycles. The van der Waals surface area contributed by atoms with Crippen molar-refractivity contribution in [3.05, 3.63) is 57.3 Å². The summed E-state index contributed by atoms with van der Waals surface area (Å²) in [4.78, 5) is 2.13. The molecule has 0 aliphatic rings. The number of nitrogens with zero attached hydrogens (tertiary/aromatic N) is 2. The van der Waals surface area contributed by atoms with Crippen molar-refractivity contribution < 1.29 is 4.57 Å².